The molecule has 2 aromatic heterocycles. The lowest BCUT2D eigenvalue weighted by Crippen LogP contribution is -2.46. The molecular weight excluding hydrogens is 326 g/mol. The molecule has 0 bridgehead atoms. The number of nitrogens with zero attached hydrogens (tertiary/aromatic N) is 3. The molecule has 6 heteroatoms. The van der Waals surface area contributed by atoms with Crippen molar-refractivity contribution in [3.8, 4) is 0 Å². The SMILES string of the molecule is CSc1nc(N2CC(C)OC(C)C2)c2c3c(sc2n1)CCCC3. The minimum Gasteiger partial charge on any atom is -0.372 e. The summed E-state index contributed by atoms with van der Waals surface area (Å²) in [5.41, 5.74) is 1.52. The minimum absolute atomic E-state index is 0.246. The average Bonchev–Trinajstić information content (AvgIpc) is 2.91. The van der Waals surface area contributed by atoms with Crippen LogP contribution in [0, 0.1) is 0 Å². The predicted molar refractivity (Wildman–Crippen MR) is 98.1 cm³/mol. The Labute approximate surface area is 145 Å². The van der Waals surface area contributed by atoms with Crippen LogP contribution in [0.4, 0.5) is 5.82 Å². The van der Waals surface area contributed by atoms with Gasteiger partial charge in [-0.15, -0.1) is 11.3 Å². The lowest BCUT2D eigenvalue weighted by Gasteiger charge is -2.36. The maximum atomic E-state index is 5.91. The molecule has 1 saturated heterocycles. The van der Waals surface area contributed by atoms with Crippen molar-refractivity contribution >= 4 is 39.1 Å². The molecule has 3 heterocycles. The number of thiophene rings is 1. The van der Waals surface area contributed by atoms with Gasteiger partial charge in [-0.2, -0.15) is 0 Å². The largest absolute Gasteiger partial charge is 0.372 e. The van der Waals surface area contributed by atoms with Crippen molar-refractivity contribution in [3.63, 3.8) is 0 Å². The van der Waals surface area contributed by atoms with Crippen LogP contribution in [-0.2, 0) is 17.6 Å². The maximum Gasteiger partial charge on any atom is 0.190 e. The van der Waals surface area contributed by atoms with E-state index in [2.05, 4.69) is 25.0 Å². The smallest absolute Gasteiger partial charge is 0.190 e. The number of aryl methyl sites for hydroxylation is 2. The second-order valence-corrected chi connectivity index (χ2v) is 8.44. The van der Waals surface area contributed by atoms with E-state index < -0.39 is 0 Å². The van der Waals surface area contributed by atoms with Gasteiger partial charge < -0.3 is 9.64 Å². The number of hydrogen-bond acceptors (Lipinski definition) is 6. The number of rotatable bonds is 2. The molecule has 1 aliphatic heterocycles. The first kappa shape index (κ1) is 15.7. The highest BCUT2D eigenvalue weighted by Crippen LogP contribution is 2.41. The summed E-state index contributed by atoms with van der Waals surface area (Å²) >= 11 is 3.52. The summed E-state index contributed by atoms with van der Waals surface area (Å²) in [5, 5.41) is 2.21. The maximum absolute atomic E-state index is 5.91. The molecule has 2 aliphatic rings. The fraction of sp³-hybridized carbons (Fsp3) is 0.647. The number of aromatic nitrogens is 2. The van der Waals surface area contributed by atoms with Crippen LogP contribution in [0.2, 0.25) is 0 Å². The molecular formula is C17H23N3OS2. The van der Waals surface area contributed by atoms with Crippen molar-refractivity contribution < 1.29 is 4.74 Å². The summed E-state index contributed by atoms with van der Waals surface area (Å²) in [6, 6.07) is 0. The fourth-order valence-corrected chi connectivity index (χ4v) is 5.46. The van der Waals surface area contributed by atoms with Crippen molar-refractivity contribution in [2.75, 3.05) is 24.2 Å². The Morgan fingerprint density at radius 3 is 2.61 bits per heavy atom. The van der Waals surface area contributed by atoms with Crippen LogP contribution in [0.3, 0.4) is 0 Å². The van der Waals surface area contributed by atoms with Crippen molar-refractivity contribution in [1.82, 2.24) is 9.97 Å². The fourth-order valence-electron chi connectivity index (χ4n) is 3.79. The Balaban J connectivity index is 1.87. The quantitative estimate of drug-likeness (QED) is 0.607. The molecule has 124 valence electrons. The molecule has 0 aromatic carbocycles. The zero-order valence-electron chi connectivity index (χ0n) is 14.0. The normalized spacial score (nSPS) is 24.9. The van der Waals surface area contributed by atoms with E-state index in [9.17, 15) is 0 Å². The first-order valence-corrected chi connectivity index (χ1v) is 10.5. The van der Waals surface area contributed by atoms with Crippen LogP contribution < -0.4 is 4.90 Å². The first-order valence-electron chi connectivity index (χ1n) is 8.42. The zero-order valence-corrected chi connectivity index (χ0v) is 15.6. The molecule has 0 amide bonds. The molecule has 4 rings (SSSR count). The number of morpholine rings is 1. The van der Waals surface area contributed by atoms with Crippen LogP contribution in [0.15, 0.2) is 5.16 Å². The summed E-state index contributed by atoms with van der Waals surface area (Å²) in [7, 11) is 0. The Morgan fingerprint density at radius 1 is 1.13 bits per heavy atom. The molecule has 2 aromatic rings. The lowest BCUT2D eigenvalue weighted by molar-refractivity contribution is -0.00540. The summed E-state index contributed by atoms with van der Waals surface area (Å²) < 4.78 is 5.91. The van der Waals surface area contributed by atoms with Crippen molar-refractivity contribution in [1.29, 1.82) is 0 Å². The van der Waals surface area contributed by atoms with Gasteiger partial charge in [0, 0.05) is 18.0 Å². The van der Waals surface area contributed by atoms with Gasteiger partial charge in [0.15, 0.2) is 5.16 Å². The molecule has 1 aliphatic carbocycles. The Morgan fingerprint density at radius 2 is 1.87 bits per heavy atom. The highest BCUT2D eigenvalue weighted by Gasteiger charge is 2.28. The third-order valence-electron chi connectivity index (χ3n) is 4.68. The van der Waals surface area contributed by atoms with Crippen LogP contribution in [0.25, 0.3) is 10.2 Å². The standard InChI is InChI=1S/C17H23N3OS2/c1-10-8-20(9-11(2)21-10)15-14-12-6-4-5-7-13(12)23-16(14)19-17(18-15)22-3/h10-11H,4-9H2,1-3H3. The second kappa shape index (κ2) is 6.22. The van der Waals surface area contributed by atoms with E-state index in [0.29, 0.717) is 0 Å². The topological polar surface area (TPSA) is 38.2 Å². The molecule has 0 spiro atoms. The molecule has 1 fully saturated rings. The molecule has 2 atom stereocenters. The van der Waals surface area contributed by atoms with Crippen LogP contribution in [-0.4, -0.2) is 41.5 Å². The lowest BCUT2D eigenvalue weighted by atomic mass is 9.97. The van der Waals surface area contributed by atoms with E-state index in [0.717, 1.165) is 24.1 Å². The van der Waals surface area contributed by atoms with Crippen molar-refractivity contribution in [3.05, 3.63) is 10.4 Å². The third kappa shape index (κ3) is 2.85. The van der Waals surface area contributed by atoms with Crippen LogP contribution in [0.5, 0.6) is 0 Å². The highest BCUT2D eigenvalue weighted by atomic mass is 32.2. The number of hydrogen-bond donors (Lipinski definition) is 0. The van der Waals surface area contributed by atoms with E-state index in [4.69, 9.17) is 14.7 Å². The van der Waals surface area contributed by atoms with Crippen molar-refractivity contribution in [2.24, 2.45) is 0 Å². The van der Waals surface area contributed by atoms with Gasteiger partial charge in [-0.05, 0) is 51.3 Å². The Bertz CT molecular complexity index is 720. The summed E-state index contributed by atoms with van der Waals surface area (Å²) in [6.45, 7) is 6.13. The van der Waals surface area contributed by atoms with E-state index >= 15 is 0 Å². The zero-order chi connectivity index (χ0) is 16.0. The molecule has 0 N–H and O–H groups in total. The van der Waals surface area contributed by atoms with E-state index in [1.54, 1.807) is 11.8 Å². The van der Waals surface area contributed by atoms with Gasteiger partial charge in [-0.3, -0.25) is 0 Å². The Kier molecular flexibility index (Phi) is 4.24. The first-order chi connectivity index (χ1) is 11.2. The highest BCUT2D eigenvalue weighted by molar-refractivity contribution is 7.98. The van der Waals surface area contributed by atoms with E-state index in [1.807, 2.05) is 11.3 Å². The number of anilines is 1. The van der Waals surface area contributed by atoms with Crippen LogP contribution in [0.1, 0.15) is 37.1 Å². The number of fused-ring (bicyclic) bond motifs is 3. The van der Waals surface area contributed by atoms with Gasteiger partial charge in [0.05, 0.1) is 17.6 Å². The molecule has 2 unspecified atom stereocenters. The van der Waals surface area contributed by atoms with Gasteiger partial charge in [-0.25, -0.2) is 9.97 Å². The van der Waals surface area contributed by atoms with Gasteiger partial charge >= 0.3 is 0 Å². The van der Waals surface area contributed by atoms with Crippen LogP contribution >= 0.6 is 23.1 Å². The third-order valence-corrected chi connectivity index (χ3v) is 6.41. The Hall–Kier alpha value is -0.850. The average molecular weight is 350 g/mol. The second-order valence-electron chi connectivity index (χ2n) is 6.59. The number of ether oxygens (including phenoxy) is 1. The van der Waals surface area contributed by atoms with E-state index in [-0.39, 0.29) is 12.2 Å². The monoisotopic (exact) mass is 349 g/mol. The van der Waals surface area contributed by atoms with Gasteiger partial charge in [0.25, 0.3) is 0 Å². The molecule has 0 saturated carbocycles. The van der Waals surface area contributed by atoms with Gasteiger partial charge in [0.2, 0.25) is 0 Å². The predicted octanol–water partition coefficient (Wildman–Crippen LogP) is 3.91. The van der Waals surface area contributed by atoms with Gasteiger partial charge in [0.1, 0.15) is 10.6 Å². The van der Waals surface area contributed by atoms with Crippen molar-refractivity contribution in [2.45, 2.75) is 56.9 Å². The minimum atomic E-state index is 0.246. The molecule has 0 radical (unpaired) electrons. The summed E-state index contributed by atoms with van der Waals surface area (Å²) in [5.74, 6) is 1.14. The molecule has 4 nitrogen and oxygen atoms in total. The molecule has 23 heavy (non-hydrogen) atoms. The summed E-state index contributed by atoms with van der Waals surface area (Å²) in [6.07, 6.45) is 7.54. The summed E-state index contributed by atoms with van der Waals surface area (Å²) in [4.78, 5) is 14.9. The number of thioether (sulfide) groups is 1. The van der Waals surface area contributed by atoms with Gasteiger partial charge in [-0.1, -0.05) is 11.8 Å². The van der Waals surface area contributed by atoms with E-state index in [1.165, 1.54) is 46.3 Å².